The third-order valence-corrected chi connectivity index (χ3v) is 6.23. The van der Waals surface area contributed by atoms with Crippen LogP contribution >= 0.6 is 7.60 Å². The molecule has 6 heteroatoms. The molecule has 0 rings (SSSR count). The van der Waals surface area contributed by atoms with E-state index in [1.54, 1.807) is 14.2 Å². The van der Waals surface area contributed by atoms with Crippen LogP contribution in [0.5, 0.6) is 0 Å². The highest BCUT2D eigenvalue weighted by atomic mass is 31.2. The fraction of sp³-hybridized carbons (Fsp3) is 1.00. The standard InChI is InChI=1S/C18H39O5P/c1-6-7-16-24(19,22-14-10-17(2)8-12-20-4)23-15-11-18(3)9-13-21-5/h17-18H,6-16H2,1-5H3. The second kappa shape index (κ2) is 15.3. The van der Waals surface area contributed by atoms with Crippen molar-refractivity contribution < 1.29 is 23.1 Å². The summed E-state index contributed by atoms with van der Waals surface area (Å²) in [4.78, 5) is 0. The van der Waals surface area contributed by atoms with E-state index in [9.17, 15) is 4.57 Å². The normalized spacial score (nSPS) is 16.7. The second-order valence-electron chi connectivity index (χ2n) is 6.71. The molecule has 0 N–H and O–H groups in total. The van der Waals surface area contributed by atoms with E-state index < -0.39 is 7.60 Å². The van der Waals surface area contributed by atoms with Crippen molar-refractivity contribution in [1.29, 1.82) is 0 Å². The van der Waals surface area contributed by atoms with E-state index in [2.05, 4.69) is 20.8 Å². The van der Waals surface area contributed by atoms with E-state index in [0.29, 0.717) is 31.2 Å². The first kappa shape index (κ1) is 24.1. The summed E-state index contributed by atoms with van der Waals surface area (Å²) in [5.74, 6) is 0.997. The molecule has 2 unspecified atom stereocenters. The summed E-state index contributed by atoms with van der Waals surface area (Å²) in [5.41, 5.74) is 0. The van der Waals surface area contributed by atoms with Crippen LogP contribution in [-0.4, -0.2) is 46.8 Å². The highest BCUT2D eigenvalue weighted by Gasteiger charge is 2.24. The molecule has 2 atom stereocenters. The first-order valence-electron chi connectivity index (χ1n) is 9.33. The Balaban J connectivity index is 4.17. The molecule has 0 aromatic rings. The first-order chi connectivity index (χ1) is 11.5. The van der Waals surface area contributed by atoms with Crippen LogP contribution in [0.2, 0.25) is 0 Å². The van der Waals surface area contributed by atoms with Gasteiger partial charge in [0.15, 0.2) is 0 Å². The van der Waals surface area contributed by atoms with Crippen LogP contribution in [0.3, 0.4) is 0 Å². The molecule has 0 spiro atoms. The van der Waals surface area contributed by atoms with Crippen molar-refractivity contribution in [3.05, 3.63) is 0 Å². The second-order valence-corrected chi connectivity index (χ2v) is 8.89. The summed E-state index contributed by atoms with van der Waals surface area (Å²) in [6.07, 6.45) is 6.14. The highest BCUT2D eigenvalue weighted by Crippen LogP contribution is 2.49. The summed E-state index contributed by atoms with van der Waals surface area (Å²) in [5, 5.41) is 0. The summed E-state index contributed by atoms with van der Waals surface area (Å²) in [7, 11) is 0.461. The Morgan fingerprint density at radius 1 is 0.792 bits per heavy atom. The zero-order valence-electron chi connectivity index (χ0n) is 16.4. The largest absolute Gasteiger partial charge is 0.385 e. The summed E-state index contributed by atoms with van der Waals surface area (Å²) < 4.78 is 34.5. The monoisotopic (exact) mass is 366 g/mol. The Morgan fingerprint density at radius 3 is 1.58 bits per heavy atom. The van der Waals surface area contributed by atoms with Gasteiger partial charge in [-0.15, -0.1) is 0 Å². The van der Waals surface area contributed by atoms with E-state index in [1.165, 1.54) is 0 Å². The van der Waals surface area contributed by atoms with Gasteiger partial charge in [0.05, 0.1) is 19.4 Å². The number of unbranched alkanes of at least 4 members (excludes halogenated alkanes) is 1. The lowest BCUT2D eigenvalue weighted by Crippen LogP contribution is -2.09. The Labute approximate surface area is 149 Å². The van der Waals surface area contributed by atoms with Crippen LogP contribution in [0, 0.1) is 11.8 Å². The summed E-state index contributed by atoms with van der Waals surface area (Å²) in [6.45, 7) is 8.91. The maximum Gasteiger partial charge on any atom is 0.330 e. The van der Waals surface area contributed by atoms with Crippen molar-refractivity contribution in [2.24, 2.45) is 11.8 Å². The average Bonchev–Trinajstić information content (AvgIpc) is 2.56. The maximum atomic E-state index is 12.9. The van der Waals surface area contributed by atoms with E-state index >= 15 is 0 Å². The quantitative estimate of drug-likeness (QED) is 0.334. The van der Waals surface area contributed by atoms with Gasteiger partial charge in [0.2, 0.25) is 0 Å². The van der Waals surface area contributed by atoms with Crippen molar-refractivity contribution in [2.75, 3.05) is 46.8 Å². The average molecular weight is 366 g/mol. The van der Waals surface area contributed by atoms with Crippen molar-refractivity contribution in [1.82, 2.24) is 0 Å². The van der Waals surface area contributed by atoms with Crippen LogP contribution in [0.1, 0.15) is 59.3 Å². The Kier molecular flexibility index (Phi) is 15.4. The SMILES string of the molecule is CCCCP(=O)(OCCC(C)CCOC)OCCC(C)CCOC. The Hall–Kier alpha value is 0.0700. The molecule has 0 heterocycles. The number of ether oxygens (including phenoxy) is 2. The predicted octanol–water partition coefficient (Wildman–Crippen LogP) is 5.14. The van der Waals surface area contributed by atoms with Gasteiger partial charge >= 0.3 is 7.60 Å². The first-order valence-corrected chi connectivity index (χ1v) is 11.1. The molecule has 0 aliphatic carbocycles. The molecule has 0 radical (unpaired) electrons. The third-order valence-electron chi connectivity index (χ3n) is 4.21. The lowest BCUT2D eigenvalue weighted by Gasteiger charge is -2.20. The van der Waals surface area contributed by atoms with Gasteiger partial charge < -0.3 is 18.5 Å². The topological polar surface area (TPSA) is 54.0 Å². The molecule has 0 bridgehead atoms. The number of hydrogen-bond acceptors (Lipinski definition) is 5. The molecule has 0 aliphatic rings. The van der Waals surface area contributed by atoms with Crippen LogP contribution in [0.4, 0.5) is 0 Å². The molecule has 146 valence electrons. The number of hydrogen-bond donors (Lipinski definition) is 0. The van der Waals surface area contributed by atoms with Gasteiger partial charge in [-0.1, -0.05) is 27.2 Å². The minimum Gasteiger partial charge on any atom is -0.385 e. The van der Waals surface area contributed by atoms with Crippen molar-refractivity contribution >= 4 is 7.60 Å². The van der Waals surface area contributed by atoms with Crippen LogP contribution in [0.15, 0.2) is 0 Å². The fourth-order valence-corrected chi connectivity index (χ4v) is 4.03. The number of rotatable bonds is 17. The van der Waals surface area contributed by atoms with Gasteiger partial charge in [0.1, 0.15) is 0 Å². The van der Waals surface area contributed by atoms with Crippen LogP contribution < -0.4 is 0 Å². The molecule has 0 saturated heterocycles. The fourth-order valence-electron chi connectivity index (χ4n) is 2.23. The zero-order valence-corrected chi connectivity index (χ0v) is 17.3. The summed E-state index contributed by atoms with van der Waals surface area (Å²) in [6, 6.07) is 0. The molecular weight excluding hydrogens is 327 g/mol. The van der Waals surface area contributed by atoms with Gasteiger partial charge in [-0.25, -0.2) is 0 Å². The van der Waals surface area contributed by atoms with E-state index in [4.69, 9.17) is 18.5 Å². The third kappa shape index (κ3) is 13.4. The van der Waals surface area contributed by atoms with Crippen molar-refractivity contribution in [3.63, 3.8) is 0 Å². The van der Waals surface area contributed by atoms with E-state index in [0.717, 1.165) is 51.7 Å². The molecule has 5 nitrogen and oxygen atoms in total. The minimum atomic E-state index is -2.96. The lowest BCUT2D eigenvalue weighted by atomic mass is 10.1. The maximum absolute atomic E-state index is 12.9. The van der Waals surface area contributed by atoms with Gasteiger partial charge in [0.25, 0.3) is 0 Å². The molecule has 0 fully saturated rings. The van der Waals surface area contributed by atoms with Gasteiger partial charge in [-0.05, 0) is 43.9 Å². The van der Waals surface area contributed by atoms with Crippen LogP contribution in [0.25, 0.3) is 0 Å². The molecule has 0 aliphatic heterocycles. The Bertz CT molecular complexity index is 301. The van der Waals surface area contributed by atoms with Crippen molar-refractivity contribution in [3.8, 4) is 0 Å². The van der Waals surface area contributed by atoms with Crippen molar-refractivity contribution in [2.45, 2.75) is 59.3 Å². The molecule has 0 saturated carbocycles. The predicted molar refractivity (Wildman–Crippen MR) is 99.8 cm³/mol. The minimum absolute atomic E-state index is 0.491. The van der Waals surface area contributed by atoms with E-state index in [-0.39, 0.29) is 0 Å². The van der Waals surface area contributed by atoms with E-state index in [1.807, 2.05) is 0 Å². The lowest BCUT2D eigenvalue weighted by molar-refractivity contribution is 0.155. The molecular formula is C18H39O5P. The molecule has 0 amide bonds. The summed E-state index contributed by atoms with van der Waals surface area (Å²) >= 11 is 0. The smallest absolute Gasteiger partial charge is 0.330 e. The molecule has 0 aromatic heterocycles. The molecule has 24 heavy (non-hydrogen) atoms. The van der Waals surface area contributed by atoms with Gasteiger partial charge in [0, 0.05) is 27.4 Å². The van der Waals surface area contributed by atoms with Crippen LogP contribution in [-0.2, 0) is 23.1 Å². The van der Waals surface area contributed by atoms with Gasteiger partial charge in [-0.3, -0.25) is 4.57 Å². The Morgan fingerprint density at radius 2 is 1.21 bits per heavy atom. The molecule has 0 aromatic carbocycles. The zero-order chi connectivity index (χ0) is 18.3. The number of methoxy groups -OCH3 is 2. The highest BCUT2D eigenvalue weighted by molar-refractivity contribution is 7.53. The van der Waals surface area contributed by atoms with Gasteiger partial charge in [-0.2, -0.15) is 0 Å².